The monoisotopic (exact) mass is 408 g/mol. The summed E-state index contributed by atoms with van der Waals surface area (Å²) in [5, 5.41) is 30.7. The Hall–Kier alpha value is -4.01. The average Bonchev–Trinajstić information content (AvgIpc) is 2.66. The first kappa shape index (κ1) is 21.3. The molecule has 0 unspecified atom stereocenters. The van der Waals surface area contributed by atoms with Crippen LogP contribution in [-0.2, 0) is 6.54 Å². The molecule has 9 nitrogen and oxygen atoms in total. The van der Waals surface area contributed by atoms with Crippen molar-refractivity contribution in [1.29, 1.82) is 5.26 Å². The van der Waals surface area contributed by atoms with Gasteiger partial charge in [-0.1, -0.05) is 12.1 Å². The molecule has 2 aromatic rings. The third kappa shape index (κ3) is 5.73. The zero-order valence-electron chi connectivity index (χ0n) is 14.4. The Kier molecular flexibility index (Phi) is 6.12. The zero-order valence-corrected chi connectivity index (χ0v) is 14.4. The Morgan fingerprint density at radius 2 is 1.55 bits per heavy atom. The van der Waals surface area contributed by atoms with Crippen LogP contribution in [0, 0.1) is 31.6 Å². The largest absolute Gasteiger partial charge is 0.406 e. The van der Waals surface area contributed by atoms with Crippen molar-refractivity contribution in [3.8, 4) is 6.07 Å². The van der Waals surface area contributed by atoms with E-state index in [9.17, 15) is 38.2 Å². The molecule has 0 fully saturated rings. The van der Waals surface area contributed by atoms with Gasteiger partial charge in [-0.15, -0.1) is 0 Å². The van der Waals surface area contributed by atoms with Crippen LogP contribution in [0.3, 0.4) is 0 Å². The first-order valence-electron chi connectivity index (χ1n) is 7.79. The highest BCUT2D eigenvalue weighted by atomic mass is 19.4. The SMILES string of the molecule is N#Cc1ccc(CN(CC(F)(F)F)C(=O)c2cc([N+](=O)[O-])cc([N+](=O)[O-])c2)cc1. The van der Waals surface area contributed by atoms with Gasteiger partial charge in [0.15, 0.2) is 0 Å². The molecule has 0 aliphatic rings. The molecule has 0 bridgehead atoms. The van der Waals surface area contributed by atoms with E-state index in [1.54, 1.807) is 0 Å². The molecular formula is C17H11F3N4O5. The lowest BCUT2D eigenvalue weighted by molar-refractivity contribution is -0.394. The molecule has 0 saturated heterocycles. The number of carbonyl (C=O) groups excluding carboxylic acids is 1. The average molecular weight is 408 g/mol. The van der Waals surface area contributed by atoms with E-state index in [0.29, 0.717) is 23.1 Å². The van der Waals surface area contributed by atoms with Crippen LogP contribution in [0.5, 0.6) is 0 Å². The highest BCUT2D eigenvalue weighted by molar-refractivity contribution is 5.95. The molecule has 0 radical (unpaired) electrons. The number of alkyl halides is 3. The number of nitro benzene ring substituents is 2. The van der Waals surface area contributed by atoms with Crippen molar-refractivity contribution >= 4 is 17.3 Å². The van der Waals surface area contributed by atoms with Crippen molar-refractivity contribution in [2.45, 2.75) is 12.7 Å². The van der Waals surface area contributed by atoms with Gasteiger partial charge in [-0.05, 0) is 17.7 Å². The topological polar surface area (TPSA) is 130 Å². The Morgan fingerprint density at radius 3 is 1.97 bits per heavy atom. The molecule has 0 aliphatic heterocycles. The number of nitro groups is 2. The molecule has 0 spiro atoms. The summed E-state index contributed by atoms with van der Waals surface area (Å²) in [6.45, 7) is -2.21. The first-order valence-corrected chi connectivity index (χ1v) is 7.79. The minimum Gasteiger partial charge on any atom is -0.325 e. The van der Waals surface area contributed by atoms with Gasteiger partial charge in [-0.2, -0.15) is 18.4 Å². The number of amides is 1. The number of carbonyl (C=O) groups is 1. The van der Waals surface area contributed by atoms with E-state index in [4.69, 9.17) is 5.26 Å². The van der Waals surface area contributed by atoms with E-state index in [1.807, 2.05) is 6.07 Å². The minimum atomic E-state index is -4.78. The number of nitrogens with zero attached hydrogens (tertiary/aromatic N) is 4. The second-order valence-corrected chi connectivity index (χ2v) is 5.84. The molecule has 1 amide bonds. The number of nitriles is 1. The molecule has 150 valence electrons. The van der Waals surface area contributed by atoms with Crippen LogP contribution < -0.4 is 0 Å². The van der Waals surface area contributed by atoms with E-state index in [1.165, 1.54) is 24.3 Å². The fourth-order valence-corrected chi connectivity index (χ4v) is 2.43. The molecule has 12 heteroatoms. The fourth-order valence-electron chi connectivity index (χ4n) is 2.43. The van der Waals surface area contributed by atoms with Crippen LogP contribution in [0.4, 0.5) is 24.5 Å². The van der Waals surface area contributed by atoms with Crippen LogP contribution in [0.15, 0.2) is 42.5 Å². The normalized spacial score (nSPS) is 10.8. The van der Waals surface area contributed by atoms with E-state index < -0.39 is 52.0 Å². The maximum Gasteiger partial charge on any atom is 0.406 e. The summed E-state index contributed by atoms with van der Waals surface area (Å²) in [7, 11) is 0. The summed E-state index contributed by atoms with van der Waals surface area (Å²) in [6, 6.07) is 9.21. The summed E-state index contributed by atoms with van der Waals surface area (Å²) in [4.78, 5) is 32.9. The molecule has 29 heavy (non-hydrogen) atoms. The minimum absolute atomic E-state index is 0.261. The molecule has 0 heterocycles. The van der Waals surface area contributed by atoms with E-state index in [-0.39, 0.29) is 11.1 Å². The quantitative estimate of drug-likeness (QED) is 0.530. The smallest absolute Gasteiger partial charge is 0.325 e. The second kappa shape index (κ2) is 8.34. The van der Waals surface area contributed by atoms with E-state index in [0.717, 1.165) is 0 Å². The van der Waals surface area contributed by atoms with Gasteiger partial charge in [0, 0.05) is 18.7 Å². The first-order chi connectivity index (χ1) is 13.5. The number of hydrogen-bond acceptors (Lipinski definition) is 6. The Labute approximate surface area is 160 Å². The molecule has 0 aromatic heterocycles. The van der Waals surface area contributed by atoms with Crippen LogP contribution in [0.2, 0.25) is 0 Å². The van der Waals surface area contributed by atoms with Gasteiger partial charge in [0.2, 0.25) is 0 Å². The summed E-state index contributed by atoms with van der Waals surface area (Å²) in [5.41, 5.74) is -1.69. The fraction of sp³-hybridized carbons (Fsp3) is 0.176. The molecule has 0 saturated carbocycles. The molecule has 0 aliphatic carbocycles. The third-order valence-electron chi connectivity index (χ3n) is 3.68. The van der Waals surface area contributed by atoms with Crippen molar-refractivity contribution in [1.82, 2.24) is 4.90 Å². The molecular weight excluding hydrogens is 397 g/mol. The maximum absolute atomic E-state index is 13.0. The second-order valence-electron chi connectivity index (χ2n) is 5.84. The lowest BCUT2D eigenvalue weighted by atomic mass is 10.1. The summed E-state index contributed by atoms with van der Waals surface area (Å²) in [6.07, 6.45) is -4.78. The number of benzene rings is 2. The van der Waals surface area contributed by atoms with Gasteiger partial charge in [-0.25, -0.2) is 0 Å². The lowest BCUT2D eigenvalue weighted by Crippen LogP contribution is -2.38. The lowest BCUT2D eigenvalue weighted by Gasteiger charge is -2.24. The van der Waals surface area contributed by atoms with Crippen molar-refractivity contribution < 1.29 is 27.8 Å². The van der Waals surface area contributed by atoms with Gasteiger partial charge in [0.05, 0.1) is 33.1 Å². The Balaban J connectivity index is 2.44. The maximum atomic E-state index is 13.0. The van der Waals surface area contributed by atoms with Gasteiger partial charge in [-0.3, -0.25) is 25.0 Å². The van der Waals surface area contributed by atoms with Crippen molar-refractivity contribution in [2.75, 3.05) is 6.54 Å². The van der Waals surface area contributed by atoms with Crippen LogP contribution >= 0.6 is 0 Å². The molecule has 2 aromatic carbocycles. The van der Waals surface area contributed by atoms with Gasteiger partial charge >= 0.3 is 6.18 Å². The van der Waals surface area contributed by atoms with E-state index in [2.05, 4.69) is 0 Å². The summed E-state index contributed by atoms with van der Waals surface area (Å²) >= 11 is 0. The van der Waals surface area contributed by atoms with E-state index >= 15 is 0 Å². The van der Waals surface area contributed by atoms with Crippen LogP contribution in [0.25, 0.3) is 0 Å². The summed E-state index contributed by atoms with van der Waals surface area (Å²) in [5.74, 6) is -1.27. The van der Waals surface area contributed by atoms with Crippen molar-refractivity contribution in [3.05, 3.63) is 79.4 Å². The number of halogens is 3. The van der Waals surface area contributed by atoms with Gasteiger partial charge in [0.1, 0.15) is 6.54 Å². The predicted octanol–water partition coefficient (Wildman–Crippen LogP) is 3.58. The van der Waals surface area contributed by atoms with Gasteiger partial charge < -0.3 is 4.90 Å². The molecule has 2 rings (SSSR count). The predicted molar refractivity (Wildman–Crippen MR) is 91.7 cm³/mol. The third-order valence-corrected chi connectivity index (χ3v) is 3.68. The Morgan fingerprint density at radius 1 is 1.03 bits per heavy atom. The Bertz CT molecular complexity index is 967. The number of non-ortho nitro benzene ring substituents is 2. The number of rotatable bonds is 6. The van der Waals surface area contributed by atoms with Crippen LogP contribution in [-0.4, -0.2) is 33.4 Å². The standard InChI is InChI=1S/C17H11F3N4O5/c18-17(19,20)10-22(9-12-3-1-11(8-21)2-4-12)16(25)13-5-14(23(26)27)7-15(6-13)24(28)29/h1-7H,9-10H2. The van der Waals surface area contributed by atoms with Gasteiger partial charge in [0.25, 0.3) is 17.3 Å². The zero-order chi connectivity index (χ0) is 21.8. The highest BCUT2D eigenvalue weighted by Gasteiger charge is 2.34. The number of hydrogen-bond donors (Lipinski definition) is 0. The van der Waals surface area contributed by atoms with Crippen molar-refractivity contribution in [3.63, 3.8) is 0 Å². The van der Waals surface area contributed by atoms with Crippen LogP contribution in [0.1, 0.15) is 21.5 Å². The molecule has 0 atom stereocenters. The highest BCUT2D eigenvalue weighted by Crippen LogP contribution is 2.26. The van der Waals surface area contributed by atoms with Crippen molar-refractivity contribution in [2.24, 2.45) is 0 Å². The molecule has 0 N–H and O–H groups in total. The summed E-state index contributed by atoms with van der Waals surface area (Å²) < 4.78 is 38.9.